The Morgan fingerprint density at radius 1 is 1.16 bits per heavy atom. The fourth-order valence-electron chi connectivity index (χ4n) is 2.83. The van der Waals surface area contributed by atoms with E-state index in [9.17, 15) is 29.8 Å². The number of ether oxygens (including phenoxy) is 1. The third kappa shape index (κ3) is 3.65. The zero-order valence-electron chi connectivity index (χ0n) is 13.3. The van der Waals surface area contributed by atoms with E-state index < -0.39 is 33.1 Å². The number of primary amides is 1. The molecule has 0 spiro atoms. The molecule has 1 saturated heterocycles. The molecule has 1 aliphatic rings. The van der Waals surface area contributed by atoms with Gasteiger partial charge in [-0.15, -0.1) is 0 Å². The van der Waals surface area contributed by atoms with Gasteiger partial charge in [0.15, 0.2) is 5.69 Å². The molecule has 1 fully saturated rings. The van der Waals surface area contributed by atoms with Crippen molar-refractivity contribution in [1.29, 1.82) is 0 Å². The first-order chi connectivity index (χ1) is 11.8. The molecule has 0 atom stereocenters. The number of nitro groups is 2. The Balaban J connectivity index is 2.52. The van der Waals surface area contributed by atoms with Crippen LogP contribution in [0.3, 0.4) is 0 Å². The van der Waals surface area contributed by atoms with E-state index in [1.807, 2.05) is 0 Å². The van der Waals surface area contributed by atoms with Crippen LogP contribution in [0.15, 0.2) is 12.1 Å². The van der Waals surface area contributed by atoms with Crippen LogP contribution in [0.25, 0.3) is 0 Å². The molecule has 1 aromatic carbocycles. The van der Waals surface area contributed by atoms with E-state index in [0.717, 1.165) is 19.2 Å². The van der Waals surface area contributed by atoms with Crippen LogP contribution >= 0.6 is 0 Å². The number of benzene rings is 1. The molecule has 25 heavy (non-hydrogen) atoms. The van der Waals surface area contributed by atoms with Gasteiger partial charge in [0.25, 0.3) is 0 Å². The molecular formula is C14H16N4O7. The number of amides is 1. The van der Waals surface area contributed by atoms with Crippen LogP contribution in [0.4, 0.5) is 17.1 Å². The van der Waals surface area contributed by atoms with E-state index in [4.69, 9.17) is 5.73 Å². The van der Waals surface area contributed by atoms with Gasteiger partial charge in [-0.3, -0.25) is 25.0 Å². The maximum atomic E-state index is 11.6. The minimum atomic E-state index is -0.912. The van der Waals surface area contributed by atoms with Gasteiger partial charge < -0.3 is 15.4 Å². The SMILES string of the molecule is COC(=O)c1cc([N+](=O)[O-])c(N2CCC(C(N)=O)CC2)c([N+](=O)[O-])c1. The van der Waals surface area contributed by atoms with Gasteiger partial charge in [-0.1, -0.05) is 0 Å². The van der Waals surface area contributed by atoms with Crippen molar-refractivity contribution < 1.29 is 24.2 Å². The molecule has 1 heterocycles. The number of nitro benzene ring substituents is 2. The smallest absolute Gasteiger partial charge is 0.338 e. The van der Waals surface area contributed by atoms with Crippen molar-refractivity contribution in [3.05, 3.63) is 37.9 Å². The van der Waals surface area contributed by atoms with E-state index >= 15 is 0 Å². The molecule has 0 bridgehead atoms. The summed E-state index contributed by atoms with van der Waals surface area (Å²) in [4.78, 5) is 45.6. The quantitative estimate of drug-likeness (QED) is 0.466. The lowest BCUT2D eigenvalue weighted by atomic mass is 9.95. The summed E-state index contributed by atoms with van der Waals surface area (Å²) in [5, 5.41) is 22.8. The number of piperidine rings is 1. The molecule has 11 heteroatoms. The first-order valence-corrected chi connectivity index (χ1v) is 7.35. The van der Waals surface area contributed by atoms with Crippen molar-refractivity contribution in [2.24, 2.45) is 11.7 Å². The average Bonchev–Trinajstić information content (AvgIpc) is 2.59. The Kier molecular flexibility index (Phi) is 5.15. The average molecular weight is 352 g/mol. The molecule has 2 rings (SSSR count). The van der Waals surface area contributed by atoms with Gasteiger partial charge in [0.05, 0.1) is 22.5 Å². The molecular weight excluding hydrogens is 336 g/mol. The zero-order chi connectivity index (χ0) is 18.7. The van der Waals surface area contributed by atoms with Crippen molar-refractivity contribution in [3.8, 4) is 0 Å². The number of carbonyl (C=O) groups is 2. The first kappa shape index (κ1) is 18.1. The summed E-state index contributed by atoms with van der Waals surface area (Å²) in [6.07, 6.45) is 0.671. The molecule has 1 aliphatic heterocycles. The Bertz CT molecular complexity index is 706. The molecule has 1 amide bonds. The Morgan fingerprint density at radius 2 is 1.64 bits per heavy atom. The number of nitrogens with two attached hydrogens (primary N) is 1. The van der Waals surface area contributed by atoms with Gasteiger partial charge in [0.2, 0.25) is 5.91 Å². The molecule has 0 unspecified atom stereocenters. The van der Waals surface area contributed by atoms with Crippen molar-refractivity contribution in [2.75, 3.05) is 25.1 Å². The van der Waals surface area contributed by atoms with Crippen molar-refractivity contribution in [2.45, 2.75) is 12.8 Å². The van der Waals surface area contributed by atoms with Crippen LogP contribution in [-0.4, -0.2) is 41.9 Å². The zero-order valence-corrected chi connectivity index (χ0v) is 13.3. The number of esters is 1. The third-order valence-electron chi connectivity index (χ3n) is 4.10. The Morgan fingerprint density at radius 3 is 2.00 bits per heavy atom. The number of rotatable bonds is 5. The number of methoxy groups -OCH3 is 1. The molecule has 0 aromatic heterocycles. The summed E-state index contributed by atoms with van der Waals surface area (Å²) in [5.41, 5.74) is 3.65. The van der Waals surface area contributed by atoms with Crippen molar-refractivity contribution in [3.63, 3.8) is 0 Å². The van der Waals surface area contributed by atoms with Crippen LogP contribution in [0.1, 0.15) is 23.2 Å². The third-order valence-corrected chi connectivity index (χ3v) is 4.10. The molecule has 11 nitrogen and oxygen atoms in total. The summed E-state index contributed by atoms with van der Waals surface area (Å²) in [6.45, 7) is 0.402. The van der Waals surface area contributed by atoms with Gasteiger partial charge in [0.1, 0.15) is 0 Å². The highest BCUT2D eigenvalue weighted by molar-refractivity contribution is 5.94. The number of hydrogen-bond acceptors (Lipinski definition) is 8. The van der Waals surface area contributed by atoms with E-state index in [2.05, 4.69) is 4.74 Å². The fourth-order valence-corrected chi connectivity index (χ4v) is 2.83. The van der Waals surface area contributed by atoms with Crippen molar-refractivity contribution >= 4 is 28.9 Å². The molecule has 0 radical (unpaired) electrons. The van der Waals surface area contributed by atoms with Crippen LogP contribution < -0.4 is 10.6 Å². The number of anilines is 1. The lowest BCUT2D eigenvalue weighted by Crippen LogP contribution is -2.39. The van der Waals surface area contributed by atoms with Gasteiger partial charge in [0, 0.05) is 31.1 Å². The highest BCUT2D eigenvalue weighted by Gasteiger charge is 2.35. The van der Waals surface area contributed by atoms with Crippen LogP contribution in [0.2, 0.25) is 0 Å². The maximum Gasteiger partial charge on any atom is 0.338 e. The Hall–Kier alpha value is -3.24. The summed E-state index contributed by atoms with van der Waals surface area (Å²) in [7, 11) is 1.07. The second-order valence-corrected chi connectivity index (χ2v) is 5.53. The molecule has 0 aliphatic carbocycles. The minimum absolute atomic E-state index is 0.189. The second-order valence-electron chi connectivity index (χ2n) is 5.53. The summed E-state index contributed by atoms with van der Waals surface area (Å²) in [5.74, 6) is -1.75. The number of carbonyl (C=O) groups excluding carboxylic acids is 2. The molecule has 1 aromatic rings. The van der Waals surface area contributed by atoms with Gasteiger partial charge in [-0.2, -0.15) is 0 Å². The lowest BCUT2D eigenvalue weighted by Gasteiger charge is -2.31. The lowest BCUT2D eigenvalue weighted by molar-refractivity contribution is -0.392. The molecule has 0 saturated carbocycles. The summed E-state index contributed by atoms with van der Waals surface area (Å²) >= 11 is 0. The van der Waals surface area contributed by atoms with Gasteiger partial charge >= 0.3 is 17.3 Å². The van der Waals surface area contributed by atoms with Crippen molar-refractivity contribution in [1.82, 2.24) is 0 Å². The fraction of sp³-hybridized carbons (Fsp3) is 0.429. The predicted molar refractivity (Wildman–Crippen MR) is 85.2 cm³/mol. The topological polar surface area (TPSA) is 159 Å². The minimum Gasteiger partial charge on any atom is -0.465 e. The Labute approximate surface area is 141 Å². The largest absolute Gasteiger partial charge is 0.465 e. The number of hydrogen-bond donors (Lipinski definition) is 1. The summed E-state index contributed by atoms with van der Waals surface area (Å²) < 4.78 is 4.48. The molecule has 134 valence electrons. The van der Waals surface area contributed by atoms with Crippen LogP contribution in [0, 0.1) is 26.1 Å². The summed E-state index contributed by atoms with van der Waals surface area (Å²) in [6, 6.07) is 1.91. The van der Waals surface area contributed by atoms with E-state index in [1.165, 1.54) is 4.90 Å². The van der Waals surface area contributed by atoms with Gasteiger partial charge in [-0.25, -0.2) is 4.79 Å². The first-order valence-electron chi connectivity index (χ1n) is 7.35. The van der Waals surface area contributed by atoms with Gasteiger partial charge in [-0.05, 0) is 12.8 Å². The highest BCUT2D eigenvalue weighted by Crippen LogP contribution is 2.40. The van der Waals surface area contributed by atoms with E-state index in [0.29, 0.717) is 12.8 Å². The van der Waals surface area contributed by atoms with Crippen LogP contribution in [-0.2, 0) is 9.53 Å². The maximum absolute atomic E-state index is 11.6. The normalized spacial score (nSPS) is 14.8. The standard InChI is InChI=1S/C14H16N4O7/c1-25-14(20)9-6-10(17(21)22)12(11(7-9)18(23)24)16-4-2-8(3-5-16)13(15)19/h6-8H,2-5H2,1H3,(H2,15,19). The highest BCUT2D eigenvalue weighted by atomic mass is 16.6. The number of nitrogens with zero attached hydrogens (tertiary/aromatic N) is 3. The van der Waals surface area contributed by atoms with E-state index in [1.54, 1.807) is 0 Å². The predicted octanol–water partition coefficient (Wildman–Crippen LogP) is 0.991. The monoisotopic (exact) mass is 352 g/mol. The second kappa shape index (κ2) is 7.11. The van der Waals surface area contributed by atoms with E-state index in [-0.39, 0.29) is 30.3 Å². The van der Waals surface area contributed by atoms with Crippen LogP contribution in [0.5, 0.6) is 0 Å². The molecule has 2 N–H and O–H groups in total.